The number of allylic oxidation sites excluding steroid dienone is 1. The predicted molar refractivity (Wildman–Crippen MR) is 85.6 cm³/mol. The van der Waals surface area contributed by atoms with E-state index in [0.29, 0.717) is 25.9 Å². The fourth-order valence-electron chi connectivity index (χ4n) is 2.48. The van der Waals surface area contributed by atoms with Crippen LogP contribution in [0.2, 0.25) is 0 Å². The van der Waals surface area contributed by atoms with Crippen molar-refractivity contribution in [1.82, 2.24) is 4.90 Å². The Bertz CT molecular complexity index is 753. The molecule has 1 aliphatic heterocycles. The average Bonchev–Trinajstić information content (AvgIpc) is 2.53. The Balaban J connectivity index is 2.21. The summed E-state index contributed by atoms with van der Waals surface area (Å²) in [6.45, 7) is 2.87. The van der Waals surface area contributed by atoms with Crippen molar-refractivity contribution in [2.75, 3.05) is 13.1 Å². The highest BCUT2D eigenvalue weighted by Gasteiger charge is 2.25. The zero-order valence-electron chi connectivity index (χ0n) is 12.9. The van der Waals surface area contributed by atoms with Gasteiger partial charge in [0.15, 0.2) is 4.91 Å². The third kappa shape index (κ3) is 3.90. The van der Waals surface area contributed by atoms with Gasteiger partial charge in [-0.3, -0.25) is 4.79 Å². The van der Waals surface area contributed by atoms with Gasteiger partial charge in [-0.25, -0.2) is 8.42 Å². The molecule has 0 atom stereocenters. The van der Waals surface area contributed by atoms with Crippen molar-refractivity contribution in [3.8, 4) is 6.07 Å². The second-order valence-electron chi connectivity index (χ2n) is 5.63. The first-order chi connectivity index (χ1) is 10.8. The van der Waals surface area contributed by atoms with Crippen LogP contribution in [-0.4, -0.2) is 32.3 Å². The Hall–Kier alpha value is -2.33. The lowest BCUT2D eigenvalue weighted by Crippen LogP contribution is -2.36. The first-order valence-corrected chi connectivity index (χ1v) is 8.80. The lowest BCUT2D eigenvalue weighted by molar-refractivity contribution is -0.122. The number of rotatable bonds is 4. The number of aryl methyl sites for hydroxylation is 1. The van der Waals surface area contributed by atoms with E-state index in [-0.39, 0.29) is 21.6 Å². The molecule has 1 heterocycles. The maximum Gasteiger partial charge on any atom is 0.220 e. The van der Waals surface area contributed by atoms with Crippen molar-refractivity contribution < 1.29 is 13.2 Å². The van der Waals surface area contributed by atoms with Crippen LogP contribution in [0.5, 0.6) is 0 Å². The molecule has 0 unspecified atom stereocenters. The number of nitrogens with two attached hydrogens (primary N) is 1. The minimum absolute atomic E-state index is 0.0999. The maximum absolute atomic E-state index is 12.5. The molecule has 2 N–H and O–H groups in total. The standard InChI is InChI=1S/C16H19N3O3S/c1-12-2-4-14(5-3-12)23(21,22)15(10-17)11-19-8-6-13(7-9-19)16(18)20/h2-5,11,13H,6-9H2,1H3,(H2,18,20)/b15-11+. The SMILES string of the molecule is Cc1ccc(S(=O)(=O)/C(C#N)=C/N2CCC(C(N)=O)CC2)cc1. The molecule has 0 saturated carbocycles. The van der Waals surface area contributed by atoms with Crippen molar-refractivity contribution in [3.63, 3.8) is 0 Å². The molecule has 1 fully saturated rings. The number of nitrogens with zero attached hydrogens (tertiary/aromatic N) is 2. The highest BCUT2D eigenvalue weighted by molar-refractivity contribution is 7.95. The maximum atomic E-state index is 12.5. The lowest BCUT2D eigenvalue weighted by atomic mass is 9.97. The first kappa shape index (κ1) is 17.0. The lowest BCUT2D eigenvalue weighted by Gasteiger charge is -2.29. The minimum atomic E-state index is -3.83. The molecular weight excluding hydrogens is 314 g/mol. The van der Waals surface area contributed by atoms with Crippen LogP contribution in [0.25, 0.3) is 0 Å². The van der Waals surface area contributed by atoms with Gasteiger partial charge in [0.2, 0.25) is 15.7 Å². The minimum Gasteiger partial charge on any atom is -0.376 e. The number of hydrogen-bond acceptors (Lipinski definition) is 5. The van der Waals surface area contributed by atoms with E-state index in [4.69, 9.17) is 5.73 Å². The van der Waals surface area contributed by atoms with Gasteiger partial charge in [0.05, 0.1) is 4.90 Å². The first-order valence-electron chi connectivity index (χ1n) is 7.31. The fourth-order valence-corrected chi connectivity index (χ4v) is 3.64. The number of carbonyl (C=O) groups excluding carboxylic acids is 1. The van der Waals surface area contributed by atoms with Gasteiger partial charge >= 0.3 is 0 Å². The van der Waals surface area contributed by atoms with Gasteiger partial charge < -0.3 is 10.6 Å². The number of hydrogen-bond donors (Lipinski definition) is 1. The summed E-state index contributed by atoms with van der Waals surface area (Å²) < 4.78 is 25.1. The van der Waals surface area contributed by atoms with Crippen LogP contribution < -0.4 is 5.73 Å². The summed E-state index contributed by atoms with van der Waals surface area (Å²) in [5.74, 6) is -0.514. The van der Waals surface area contributed by atoms with Crippen molar-refractivity contribution in [2.45, 2.75) is 24.7 Å². The number of benzene rings is 1. The molecule has 23 heavy (non-hydrogen) atoms. The Kier molecular flexibility index (Phi) is 5.06. The van der Waals surface area contributed by atoms with E-state index in [9.17, 15) is 18.5 Å². The number of amides is 1. The van der Waals surface area contributed by atoms with Gasteiger partial charge in [0.1, 0.15) is 6.07 Å². The summed E-state index contributed by atoms with van der Waals surface area (Å²) in [4.78, 5) is 12.7. The van der Waals surface area contributed by atoms with Gasteiger partial charge in [0, 0.05) is 25.2 Å². The average molecular weight is 333 g/mol. The molecule has 6 nitrogen and oxygen atoms in total. The Labute approximate surface area is 136 Å². The molecule has 122 valence electrons. The molecule has 1 aliphatic rings. The topological polar surface area (TPSA) is 104 Å². The van der Waals surface area contributed by atoms with E-state index in [1.54, 1.807) is 23.1 Å². The van der Waals surface area contributed by atoms with E-state index in [1.165, 1.54) is 18.3 Å². The molecule has 0 aliphatic carbocycles. The van der Waals surface area contributed by atoms with Crippen LogP contribution in [0.15, 0.2) is 40.3 Å². The van der Waals surface area contributed by atoms with Gasteiger partial charge in [-0.1, -0.05) is 17.7 Å². The zero-order chi connectivity index (χ0) is 17.0. The molecule has 1 aromatic carbocycles. The summed E-state index contributed by atoms with van der Waals surface area (Å²) >= 11 is 0. The molecule has 7 heteroatoms. The third-order valence-corrected chi connectivity index (χ3v) is 5.63. The van der Waals surface area contributed by atoms with Crippen LogP contribution >= 0.6 is 0 Å². The van der Waals surface area contributed by atoms with E-state index in [1.807, 2.05) is 6.92 Å². The highest BCUT2D eigenvalue weighted by atomic mass is 32.2. The molecule has 2 rings (SSSR count). The molecule has 1 aromatic rings. The van der Waals surface area contributed by atoms with E-state index >= 15 is 0 Å². The van der Waals surface area contributed by atoms with Gasteiger partial charge in [-0.2, -0.15) is 5.26 Å². The van der Waals surface area contributed by atoms with Crippen LogP contribution in [0.4, 0.5) is 0 Å². The molecule has 0 radical (unpaired) electrons. The summed E-state index contributed by atoms with van der Waals surface area (Å²) in [7, 11) is -3.83. The predicted octanol–water partition coefficient (Wildman–Crippen LogP) is 1.33. The number of nitriles is 1. The highest BCUT2D eigenvalue weighted by Crippen LogP contribution is 2.22. The Morgan fingerprint density at radius 3 is 2.35 bits per heavy atom. The smallest absolute Gasteiger partial charge is 0.220 e. The van der Waals surface area contributed by atoms with Gasteiger partial charge in [-0.15, -0.1) is 0 Å². The quantitative estimate of drug-likeness (QED) is 0.837. The van der Waals surface area contributed by atoms with Crippen molar-refractivity contribution in [1.29, 1.82) is 5.26 Å². The van der Waals surface area contributed by atoms with E-state index < -0.39 is 9.84 Å². The fraction of sp³-hybridized carbons (Fsp3) is 0.375. The number of sulfone groups is 1. The molecule has 1 amide bonds. The van der Waals surface area contributed by atoms with E-state index in [0.717, 1.165) is 5.56 Å². The molecule has 1 saturated heterocycles. The van der Waals surface area contributed by atoms with Crippen LogP contribution in [0.3, 0.4) is 0 Å². The van der Waals surface area contributed by atoms with Crippen molar-refractivity contribution >= 4 is 15.7 Å². The number of piperidine rings is 1. The summed E-state index contributed by atoms with van der Waals surface area (Å²) in [5, 5.41) is 9.25. The monoisotopic (exact) mass is 333 g/mol. The third-order valence-electron chi connectivity index (χ3n) is 3.96. The number of primary amides is 1. The van der Waals surface area contributed by atoms with Crippen LogP contribution in [0.1, 0.15) is 18.4 Å². The largest absolute Gasteiger partial charge is 0.376 e. The second-order valence-corrected chi connectivity index (χ2v) is 7.55. The van der Waals surface area contributed by atoms with Crippen LogP contribution in [0, 0.1) is 24.2 Å². The second kappa shape index (κ2) is 6.84. The van der Waals surface area contributed by atoms with Gasteiger partial charge in [-0.05, 0) is 31.9 Å². The summed E-state index contributed by atoms with van der Waals surface area (Å²) in [5.41, 5.74) is 6.22. The van der Waals surface area contributed by atoms with Crippen molar-refractivity contribution in [2.24, 2.45) is 11.7 Å². The van der Waals surface area contributed by atoms with Crippen molar-refractivity contribution in [3.05, 3.63) is 40.9 Å². The molecule has 0 bridgehead atoms. The Morgan fingerprint density at radius 1 is 1.30 bits per heavy atom. The zero-order valence-corrected chi connectivity index (χ0v) is 13.7. The normalized spacial score (nSPS) is 16.9. The number of likely N-dealkylation sites (tertiary alicyclic amines) is 1. The van der Waals surface area contributed by atoms with Crippen LogP contribution in [-0.2, 0) is 14.6 Å². The summed E-state index contributed by atoms with van der Waals surface area (Å²) in [6.07, 6.45) is 2.50. The number of carbonyl (C=O) groups is 1. The molecular formula is C16H19N3O3S. The summed E-state index contributed by atoms with van der Waals surface area (Å²) in [6, 6.07) is 8.16. The molecule has 0 aromatic heterocycles. The Morgan fingerprint density at radius 2 is 1.87 bits per heavy atom. The van der Waals surface area contributed by atoms with E-state index in [2.05, 4.69) is 0 Å². The van der Waals surface area contributed by atoms with Gasteiger partial charge in [0.25, 0.3) is 0 Å². The molecule has 0 spiro atoms.